The summed E-state index contributed by atoms with van der Waals surface area (Å²) in [6.07, 6.45) is 3.17. The summed E-state index contributed by atoms with van der Waals surface area (Å²) in [4.78, 5) is 4.91. The monoisotopic (exact) mass is 416 g/mol. The van der Waals surface area contributed by atoms with Crippen molar-refractivity contribution in [3.8, 4) is 11.5 Å². The Morgan fingerprint density at radius 3 is 2.00 bits per heavy atom. The maximum Gasteiger partial charge on any atom is 0.160 e. The minimum Gasteiger partial charge on any atom is -0.493 e. The SMILES string of the molecule is COc1ccc(CCN(C)CCN2c3ccccc3CCc3ccccc32)cc1OC. The lowest BCUT2D eigenvalue weighted by Crippen LogP contribution is -2.32. The van der Waals surface area contributed by atoms with Gasteiger partial charge in [-0.05, 0) is 67.3 Å². The Morgan fingerprint density at radius 1 is 0.774 bits per heavy atom. The van der Waals surface area contributed by atoms with Crippen LogP contribution < -0.4 is 14.4 Å². The third kappa shape index (κ3) is 4.86. The normalized spacial score (nSPS) is 12.8. The lowest BCUT2D eigenvalue weighted by molar-refractivity contribution is 0.344. The van der Waals surface area contributed by atoms with Gasteiger partial charge in [-0.3, -0.25) is 0 Å². The highest BCUT2D eigenvalue weighted by molar-refractivity contribution is 5.71. The first-order valence-electron chi connectivity index (χ1n) is 11.0. The van der Waals surface area contributed by atoms with E-state index < -0.39 is 0 Å². The maximum absolute atomic E-state index is 5.44. The standard InChI is InChI=1S/C27H32N2O2/c1-28(17-16-21-12-15-26(30-2)27(20-21)31-3)18-19-29-24-10-6-4-8-22(24)13-14-23-9-5-7-11-25(23)29/h4-12,15,20H,13-14,16-19H2,1-3H3. The number of nitrogens with zero attached hydrogens (tertiary/aromatic N) is 2. The average molecular weight is 417 g/mol. The zero-order chi connectivity index (χ0) is 21.6. The summed E-state index contributed by atoms with van der Waals surface area (Å²) in [5.41, 5.74) is 6.83. The number of hydrogen-bond donors (Lipinski definition) is 0. The molecule has 4 nitrogen and oxygen atoms in total. The molecule has 4 rings (SSSR count). The lowest BCUT2D eigenvalue weighted by Gasteiger charge is -2.29. The van der Waals surface area contributed by atoms with E-state index in [0.717, 1.165) is 50.4 Å². The Balaban J connectivity index is 1.43. The van der Waals surface area contributed by atoms with Gasteiger partial charge >= 0.3 is 0 Å². The molecule has 0 radical (unpaired) electrons. The van der Waals surface area contributed by atoms with Crippen LogP contribution in [0.3, 0.4) is 0 Å². The van der Waals surface area contributed by atoms with Crippen LogP contribution in [-0.4, -0.2) is 45.8 Å². The number of fused-ring (bicyclic) bond motifs is 2. The largest absolute Gasteiger partial charge is 0.493 e. The molecule has 162 valence electrons. The van der Waals surface area contributed by atoms with Crippen molar-refractivity contribution < 1.29 is 9.47 Å². The number of likely N-dealkylation sites (N-methyl/N-ethyl adjacent to an activating group) is 1. The van der Waals surface area contributed by atoms with Gasteiger partial charge in [0.25, 0.3) is 0 Å². The number of hydrogen-bond acceptors (Lipinski definition) is 4. The molecule has 0 amide bonds. The summed E-state index contributed by atoms with van der Waals surface area (Å²) in [7, 11) is 5.56. The molecule has 0 aromatic heterocycles. The van der Waals surface area contributed by atoms with Crippen molar-refractivity contribution in [1.82, 2.24) is 4.90 Å². The molecule has 1 heterocycles. The van der Waals surface area contributed by atoms with Crippen molar-refractivity contribution in [2.24, 2.45) is 0 Å². The van der Waals surface area contributed by atoms with E-state index in [1.807, 2.05) is 6.07 Å². The highest BCUT2D eigenvalue weighted by Gasteiger charge is 2.20. The molecule has 0 fully saturated rings. The molecule has 31 heavy (non-hydrogen) atoms. The molecule has 0 bridgehead atoms. The van der Waals surface area contributed by atoms with E-state index >= 15 is 0 Å². The Hall–Kier alpha value is -2.98. The zero-order valence-corrected chi connectivity index (χ0v) is 18.8. The van der Waals surface area contributed by atoms with Gasteiger partial charge in [0, 0.05) is 31.0 Å². The molecule has 0 saturated carbocycles. The van der Waals surface area contributed by atoms with Gasteiger partial charge in [0.1, 0.15) is 0 Å². The lowest BCUT2D eigenvalue weighted by atomic mass is 10.0. The van der Waals surface area contributed by atoms with E-state index in [-0.39, 0.29) is 0 Å². The molecule has 0 aliphatic carbocycles. The zero-order valence-electron chi connectivity index (χ0n) is 18.8. The molecule has 3 aromatic carbocycles. The molecule has 0 N–H and O–H groups in total. The van der Waals surface area contributed by atoms with Gasteiger partial charge in [0.05, 0.1) is 14.2 Å². The third-order valence-electron chi connectivity index (χ3n) is 6.16. The second-order valence-electron chi connectivity index (χ2n) is 8.15. The summed E-state index contributed by atoms with van der Waals surface area (Å²) in [6, 6.07) is 23.9. The minimum absolute atomic E-state index is 0.776. The smallest absolute Gasteiger partial charge is 0.160 e. The van der Waals surface area contributed by atoms with Crippen LogP contribution in [0.2, 0.25) is 0 Å². The van der Waals surface area contributed by atoms with Gasteiger partial charge in [0.15, 0.2) is 11.5 Å². The summed E-state index contributed by atoms with van der Waals surface area (Å²) >= 11 is 0. The fraction of sp³-hybridized carbons (Fsp3) is 0.333. The van der Waals surface area contributed by atoms with Gasteiger partial charge in [-0.25, -0.2) is 0 Å². The number of benzene rings is 3. The number of methoxy groups -OCH3 is 2. The van der Waals surface area contributed by atoms with Crippen LogP contribution in [0.5, 0.6) is 11.5 Å². The molecular formula is C27H32N2O2. The highest BCUT2D eigenvalue weighted by Crippen LogP contribution is 2.35. The van der Waals surface area contributed by atoms with Gasteiger partial charge in [0.2, 0.25) is 0 Å². The van der Waals surface area contributed by atoms with Gasteiger partial charge < -0.3 is 19.3 Å². The van der Waals surface area contributed by atoms with Crippen LogP contribution in [0, 0.1) is 0 Å². The molecule has 1 aliphatic heterocycles. The Morgan fingerprint density at radius 2 is 1.39 bits per heavy atom. The summed E-state index contributed by atoms with van der Waals surface area (Å²) in [5, 5.41) is 0. The number of aryl methyl sites for hydroxylation is 2. The summed E-state index contributed by atoms with van der Waals surface area (Å²) < 4.78 is 10.8. The van der Waals surface area contributed by atoms with Crippen molar-refractivity contribution in [2.75, 3.05) is 45.8 Å². The molecule has 0 saturated heterocycles. The predicted octanol–water partition coefficient (Wildman–Crippen LogP) is 5.12. The van der Waals surface area contributed by atoms with E-state index in [1.54, 1.807) is 14.2 Å². The van der Waals surface area contributed by atoms with Crippen LogP contribution in [-0.2, 0) is 19.3 Å². The van der Waals surface area contributed by atoms with Crippen molar-refractivity contribution >= 4 is 11.4 Å². The molecule has 3 aromatic rings. The number of anilines is 2. The molecular weight excluding hydrogens is 384 g/mol. The van der Waals surface area contributed by atoms with Gasteiger partial charge in [-0.15, -0.1) is 0 Å². The first-order chi connectivity index (χ1) is 15.2. The Kier molecular flexibility index (Phi) is 6.78. The minimum atomic E-state index is 0.776. The average Bonchev–Trinajstić information content (AvgIpc) is 2.98. The molecule has 4 heteroatoms. The summed E-state index contributed by atoms with van der Waals surface area (Å²) in [5.74, 6) is 1.57. The molecule has 0 atom stereocenters. The van der Waals surface area contributed by atoms with Crippen LogP contribution in [0.25, 0.3) is 0 Å². The first-order valence-corrected chi connectivity index (χ1v) is 11.0. The van der Waals surface area contributed by atoms with Crippen molar-refractivity contribution in [2.45, 2.75) is 19.3 Å². The third-order valence-corrected chi connectivity index (χ3v) is 6.16. The maximum atomic E-state index is 5.44. The molecule has 0 spiro atoms. The Labute approximate surface area is 186 Å². The fourth-order valence-electron chi connectivity index (χ4n) is 4.35. The molecule has 1 aliphatic rings. The first kappa shape index (κ1) is 21.3. The second-order valence-corrected chi connectivity index (χ2v) is 8.15. The van der Waals surface area contributed by atoms with Crippen molar-refractivity contribution in [3.05, 3.63) is 83.4 Å². The van der Waals surface area contributed by atoms with Gasteiger partial charge in [-0.1, -0.05) is 42.5 Å². The van der Waals surface area contributed by atoms with E-state index in [1.165, 1.54) is 28.1 Å². The van der Waals surface area contributed by atoms with Crippen LogP contribution >= 0.6 is 0 Å². The summed E-state index contributed by atoms with van der Waals surface area (Å²) in [6.45, 7) is 2.96. The van der Waals surface area contributed by atoms with Crippen molar-refractivity contribution in [1.29, 1.82) is 0 Å². The fourth-order valence-corrected chi connectivity index (χ4v) is 4.35. The molecule has 0 unspecified atom stereocenters. The highest BCUT2D eigenvalue weighted by atomic mass is 16.5. The van der Waals surface area contributed by atoms with Crippen LogP contribution in [0.15, 0.2) is 66.7 Å². The second kappa shape index (κ2) is 9.88. The quantitative estimate of drug-likeness (QED) is 0.509. The number of rotatable bonds is 8. The number of ether oxygens (including phenoxy) is 2. The van der Waals surface area contributed by atoms with E-state index in [0.29, 0.717) is 0 Å². The van der Waals surface area contributed by atoms with Crippen LogP contribution in [0.1, 0.15) is 16.7 Å². The Bertz CT molecular complexity index is 970. The van der Waals surface area contributed by atoms with E-state index in [4.69, 9.17) is 9.47 Å². The van der Waals surface area contributed by atoms with E-state index in [9.17, 15) is 0 Å². The van der Waals surface area contributed by atoms with Crippen molar-refractivity contribution in [3.63, 3.8) is 0 Å². The van der Waals surface area contributed by atoms with Crippen LogP contribution in [0.4, 0.5) is 11.4 Å². The topological polar surface area (TPSA) is 24.9 Å². The van der Waals surface area contributed by atoms with Gasteiger partial charge in [-0.2, -0.15) is 0 Å². The number of para-hydroxylation sites is 2. The van der Waals surface area contributed by atoms with E-state index in [2.05, 4.69) is 77.5 Å². The predicted molar refractivity (Wildman–Crippen MR) is 128 cm³/mol.